The van der Waals surface area contributed by atoms with E-state index >= 15 is 0 Å². The number of benzene rings is 1. The summed E-state index contributed by atoms with van der Waals surface area (Å²) < 4.78 is 36.5. The first-order valence-electron chi connectivity index (χ1n) is 5.34. The molecule has 0 aromatic heterocycles. The molecule has 2 rings (SSSR count). The Morgan fingerprint density at radius 3 is 2.89 bits per heavy atom. The quantitative estimate of drug-likeness (QED) is 0.558. The van der Waals surface area contributed by atoms with E-state index in [1.807, 2.05) is 0 Å². The third-order valence-electron chi connectivity index (χ3n) is 2.39. The first kappa shape index (κ1) is 13.1. The predicted molar refractivity (Wildman–Crippen MR) is 62.5 cm³/mol. The van der Waals surface area contributed by atoms with Gasteiger partial charge in [0.2, 0.25) is 16.8 Å². The Kier molecular flexibility index (Phi) is 4.02. The molecule has 0 saturated heterocycles. The van der Waals surface area contributed by atoms with Crippen LogP contribution in [0.2, 0.25) is 0 Å². The van der Waals surface area contributed by atoms with Crippen LogP contribution < -0.4 is 20.1 Å². The van der Waals surface area contributed by atoms with Gasteiger partial charge in [0.1, 0.15) is 0 Å². The second kappa shape index (κ2) is 5.53. The van der Waals surface area contributed by atoms with E-state index in [-0.39, 0.29) is 18.2 Å². The van der Waals surface area contributed by atoms with Gasteiger partial charge in [-0.05, 0) is 18.6 Å². The molecule has 0 atom stereocenters. The molecule has 3 N–H and O–H groups in total. The van der Waals surface area contributed by atoms with E-state index in [4.69, 9.17) is 15.4 Å². The van der Waals surface area contributed by atoms with E-state index in [2.05, 4.69) is 9.56 Å². The second-order valence-electron chi connectivity index (χ2n) is 3.64. The van der Waals surface area contributed by atoms with E-state index in [1.54, 1.807) is 6.07 Å². The van der Waals surface area contributed by atoms with Crippen molar-refractivity contribution in [3.63, 3.8) is 0 Å². The largest absolute Gasteiger partial charge is 0.454 e. The van der Waals surface area contributed by atoms with Gasteiger partial charge < -0.3 is 14.3 Å². The zero-order valence-electron chi connectivity index (χ0n) is 9.59. The van der Waals surface area contributed by atoms with Gasteiger partial charge in [-0.3, -0.25) is 0 Å². The lowest BCUT2D eigenvalue weighted by Gasteiger charge is -2.07. The Labute approximate surface area is 105 Å². The van der Waals surface area contributed by atoms with Crippen LogP contribution in [0.15, 0.2) is 23.1 Å². The van der Waals surface area contributed by atoms with E-state index in [0.29, 0.717) is 24.5 Å². The molecule has 0 fully saturated rings. The molecule has 0 amide bonds. The van der Waals surface area contributed by atoms with Gasteiger partial charge in [-0.2, -0.15) is 0 Å². The lowest BCUT2D eigenvalue weighted by Crippen LogP contribution is -2.25. The summed E-state index contributed by atoms with van der Waals surface area (Å²) in [5.74, 6) is 5.82. The molecule has 7 nitrogen and oxygen atoms in total. The van der Waals surface area contributed by atoms with Crippen LogP contribution in [0.1, 0.15) is 6.42 Å². The Balaban J connectivity index is 2.05. The SMILES string of the molecule is NOCCCNS(=O)(=O)c1ccc2c(c1)OCO2. The molecule has 0 spiro atoms. The number of nitrogens with two attached hydrogens (primary N) is 1. The highest BCUT2D eigenvalue weighted by Gasteiger charge is 2.19. The topological polar surface area (TPSA) is 99.9 Å². The number of fused-ring (bicyclic) bond motifs is 1. The van der Waals surface area contributed by atoms with E-state index in [0.717, 1.165) is 0 Å². The molecule has 8 heteroatoms. The van der Waals surface area contributed by atoms with Crippen LogP contribution in [-0.4, -0.2) is 28.4 Å². The number of nitrogens with one attached hydrogen (secondary N) is 1. The van der Waals surface area contributed by atoms with Gasteiger partial charge in [0, 0.05) is 12.6 Å². The zero-order chi connectivity index (χ0) is 13.0. The fraction of sp³-hybridized carbons (Fsp3) is 0.400. The number of hydrogen-bond acceptors (Lipinski definition) is 6. The maximum atomic E-state index is 11.9. The van der Waals surface area contributed by atoms with Gasteiger partial charge in [0.05, 0.1) is 11.5 Å². The lowest BCUT2D eigenvalue weighted by atomic mass is 10.3. The van der Waals surface area contributed by atoms with Crippen molar-refractivity contribution in [3.8, 4) is 11.5 Å². The number of rotatable bonds is 6. The number of hydrogen-bond donors (Lipinski definition) is 2. The van der Waals surface area contributed by atoms with Gasteiger partial charge in [-0.15, -0.1) is 0 Å². The normalized spacial score (nSPS) is 13.8. The molecular weight excluding hydrogens is 260 g/mol. The van der Waals surface area contributed by atoms with E-state index < -0.39 is 10.0 Å². The van der Waals surface area contributed by atoms with Crippen molar-refractivity contribution in [2.75, 3.05) is 19.9 Å². The number of ether oxygens (including phenoxy) is 2. The van der Waals surface area contributed by atoms with Crippen LogP contribution in [0.5, 0.6) is 11.5 Å². The van der Waals surface area contributed by atoms with Crippen molar-refractivity contribution in [2.24, 2.45) is 5.90 Å². The highest BCUT2D eigenvalue weighted by Crippen LogP contribution is 2.33. The highest BCUT2D eigenvalue weighted by atomic mass is 32.2. The maximum Gasteiger partial charge on any atom is 0.240 e. The zero-order valence-corrected chi connectivity index (χ0v) is 10.4. The summed E-state index contributed by atoms with van der Waals surface area (Å²) in [6.07, 6.45) is 0.500. The molecule has 1 aliphatic heterocycles. The van der Waals surface area contributed by atoms with Crippen LogP contribution in [0.25, 0.3) is 0 Å². The first-order valence-corrected chi connectivity index (χ1v) is 6.83. The Morgan fingerprint density at radius 2 is 2.11 bits per heavy atom. The smallest absolute Gasteiger partial charge is 0.240 e. The minimum Gasteiger partial charge on any atom is -0.454 e. The fourth-order valence-corrected chi connectivity index (χ4v) is 2.58. The standard InChI is InChI=1S/C10H14N2O5S/c11-17-5-1-4-12-18(13,14)8-2-3-9-10(6-8)16-7-15-9/h2-3,6,12H,1,4-5,7,11H2. The Morgan fingerprint density at radius 1 is 1.33 bits per heavy atom. The van der Waals surface area contributed by atoms with Crippen molar-refractivity contribution in [3.05, 3.63) is 18.2 Å². The molecule has 100 valence electrons. The average molecular weight is 274 g/mol. The van der Waals surface area contributed by atoms with Crippen LogP contribution >= 0.6 is 0 Å². The summed E-state index contributed by atoms with van der Waals surface area (Å²) in [5, 5.41) is 0. The van der Waals surface area contributed by atoms with Crippen molar-refractivity contribution in [2.45, 2.75) is 11.3 Å². The van der Waals surface area contributed by atoms with E-state index in [1.165, 1.54) is 12.1 Å². The minimum atomic E-state index is -3.54. The van der Waals surface area contributed by atoms with Crippen LogP contribution in [0.4, 0.5) is 0 Å². The van der Waals surface area contributed by atoms with Crippen LogP contribution in [-0.2, 0) is 14.9 Å². The van der Waals surface area contributed by atoms with Crippen molar-refractivity contribution in [1.29, 1.82) is 0 Å². The highest BCUT2D eigenvalue weighted by molar-refractivity contribution is 7.89. The van der Waals surface area contributed by atoms with Gasteiger partial charge in [-0.1, -0.05) is 0 Å². The second-order valence-corrected chi connectivity index (χ2v) is 5.40. The summed E-state index contributed by atoms with van der Waals surface area (Å²) >= 11 is 0. The molecular formula is C10H14N2O5S. The molecule has 0 unspecified atom stereocenters. The van der Waals surface area contributed by atoms with Gasteiger partial charge >= 0.3 is 0 Å². The van der Waals surface area contributed by atoms with Crippen molar-refractivity contribution < 1.29 is 22.7 Å². The molecule has 0 aliphatic carbocycles. The lowest BCUT2D eigenvalue weighted by molar-refractivity contribution is 0.136. The van der Waals surface area contributed by atoms with E-state index in [9.17, 15) is 8.42 Å². The third-order valence-corrected chi connectivity index (χ3v) is 3.84. The van der Waals surface area contributed by atoms with Crippen LogP contribution in [0.3, 0.4) is 0 Å². The molecule has 0 saturated carbocycles. The molecule has 18 heavy (non-hydrogen) atoms. The summed E-state index contributed by atoms with van der Waals surface area (Å²) in [6.45, 7) is 0.664. The van der Waals surface area contributed by atoms with Crippen LogP contribution in [0, 0.1) is 0 Å². The molecule has 1 heterocycles. The molecule has 1 aliphatic rings. The Bertz CT molecular complexity index is 517. The van der Waals surface area contributed by atoms with Crippen molar-refractivity contribution in [1.82, 2.24) is 4.72 Å². The average Bonchev–Trinajstić information content (AvgIpc) is 2.82. The molecule has 1 aromatic carbocycles. The summed E-state index contributed by atoms with van der Waals surface area (Å²) in [6, 6.07) is 4.47. The maximum absolute atomic E-state index is 11.9. The van der Waals surface area contributed by atoms with Gasteiger partial charge in [-0.25, -0.2) is 19.0 Å². The summed E-state index contributed by atoms with van der Waals surface area (Å²) in [5.41, 5.74) is 0. The minimum absolute atomic E-state index is 0.111. The van der Waals surface area contributed by atoms with Gasteiger partial charge in [0.25, 0.3) is 0 Å². The summed E-state index contributed by atoms with van der Waals surface area (Å²) in [4.78, 5) is 4.49. The van der Waals surface area contributed by atoms with Gasteiger partial charge in [0.15, 0.2) is 11.5 Å². The molecule has 0 bridgehead atoms. The molecule has 1 aromatic rings. The Hall–Kier alpha value is -1.35. The van der Waals surface area contributed by atoms with Crippen molar-refractivity contribution >= 4 is 10.0 Å². The fourth-order valence-electron chi connectivity index (χ4n) is 1.49. The number of sulfonamides is 1. The third kappa shape index (κ3) is 2.91. The first-order chi connectivity index (χ1) is 8.63. The summed E-state index contributed by atoms with van der Waals surface area (Å²) in [7, 11) is -3.54. The predicted octanol–water partition coefficient (Wildman–Crippen LogP) is -0.0260. The monoisotopic (exact) mass is 274 g/mol. The molecule has 0 radical (unpaired) electrons.